The van der Waals surface area contributed by atoms with E-state index < -0.39 is 5.60 Å². The van der Waals surface area contributed by atoms with Crippen molar-refractivity contribution in [3.63, 3.8) is 0 Å². The van der Waals surface area contributed by atoms with Crippen LogP contribution in [0.4, 0.5) is 0 Å². The summed E-state index contributed by atoms with van der Waals surface area (Å²) in [4.78, 5) is 0. The van der Waals surface area contributed by atoms with Gasteiger partial charge in [0, 0.05) is 13.1 Å². The van der Waals surface area contributed by atoms with Gasteiger partial charge in [0.1, 0.15) is 0 Å². The summed E-state index contributed by atoms with van der Waals surface area (Å²) in [5.41, 5.74) is -0.477. The van der Waals surface area contributed by atoms with Crippen molar-refractivity contribution in [2.45, 2.75) is 12.0 Å². The molecule has 0 aromatic heterocycles. The number of nitrogens with one attached hydrogen (secondary N) is 2. The summed E-state index contributed by atoms with van der Waals surface area (Å²) < 4.78 is 0. The topological polar surface area (TPSA) is 44.3 Å². The van der Waals surface area contributed by atoms with E-state index in [2.05, 4.69) is 10.6 Å². The Kier molecular flexibility index (Phi) is 7.68. The number of rotatable bonds is 2. The Morgan fingerprint density at radius 3 is 2.55 bits per heavy atom. The van der Waals surface area contributed by atoms with Gasteiger partial charge in [-0.1, -0.05) is 0 Å². The van der Waals surface area contributed by atoms with Crippen molar-refractivity contribution in [1.82, 2.24) is 10.6 Å². The van der Waals surface area contributed by atoms with Gasteiger partial charge in [-0.3, -0.25) is 0 Å². The molecule has 1 saturated heterocycles. The molecule has 0 radical (unpaired) electrons. The van der Waals surface area contributed by atoms with Crippen molar-refractivity contribution in [2.75, 3.05) is 26.7 Å². The van der Waals surface area contributed by atoms with Crippen LogP contribution in [0.3, 0.4) is 0 Å². The molecule has 0 aromatic carbocycles. The first-order chi connectivity index (χ1) is 4.27. The number of hydrogen-bond acceptors (Lipinski definition) is 3. The van der Waals surface area contributed by atoms with E-state index in [1.807, 2.05) is 7.05 Å². The van der Waals surface area contributed by atoms with Crippen LogP contribution in [0.25, 0.3) is 0 Å². The predicted molar refractivity (Wildman–Crippen MR) is 50.9 cm³/mol. The lowest BCUT2D eigenvalue weighted by Gasteiger charge is -2.19. The predicted octanol–water partition coefficient (Wildman–Crippen LogP) is -0.226. The average Bonchev–Trinajstić information content (AvgIpc) is 2.16. The van der Waals surface area contributed by atoms with Gasteiger partial charge in [-0.15, -0.1) is 24.8 Å². The maximum atomic E-state index is 9.57. The smallest absolute Gasteiger partial charge is 0.0907 e. The third-order valence-electron chi connectivity index (χ3n) is 1.73. The van der Waals surface area contributed by atoms with E-state index in [1.165, 1.54) is 0 Å². The zero-order valence-electron chi connectivity index (χ0n) is 6.59. The standard InChI is InChI=1S/C6H14N2O.2ClH/c1-7-4-6(9)2-3-8-5-6;;/h7-9H,2-5H2,1H3;2*1H. The van der Waals surface area contributed by atoms with Crippen molar-refractivity contribution in [1.29, 1.82) is 0 Å². The minimum atomic E-state index is -0.477. The van der Waals surface area contributed by atoms with Crippen LogP contribution in [0, 0.1) is 0 Å². The van der Waals surface area contributed by atoms with E-state index in [-0.39, 0.29) is 24.8 Å². The SMILES string of the molecule is CNCC1(O)CCNC1.Cl.Cl. The second kappa shape index (κ2) is 6.03. The van der Waals surface area contributed by atoms with Crippen LogP contribution in [-0.2, 0) is 0 Å². The van der Waals surface area contributed by atoms with E-state index in [4.69, 9.17) is 0 Å². The Balaban J connectivity index is 0. The van der Waals surface area contributed by atoms with Gasteiger partial charge in [-0.05, 0) is 20.0 Å². The Labute approximate surface area is 79.8 Å². The first-order valence-corrected chi connectivity index (χ1v) is 3.34. The van der Waals surface area contributed by atoms with Crippen LogP contribution >= 0.6 is 24.8 Å². The number of aliphatic hydroxyl groups is 1. The molecule has 1 aliphatic heterocycles. The van der Waals surface area contributed by atoms with Crippen LogP contribution in [0.5, 0.6) is 0 Å². The largest absolute Gasteiger partial charge is 0.387 e. The molecular weight excluding hydrogens is 187 g/mol. The zero-order valence-corrected chi connectivity index (χ0v) is 8.23. The molecule has 1 fully saturated rings. The first kappa shape index (κ1) is 14.0. The average molecular weight is 203 g/mol. The second-order valence-corrected chi connectivity index (χ2v) is 2.68. The third-order valence-corrected chi connectivity index (χ3v) is 1.73. The van der Waals surface area contributed by atoms with E-state index in [0.717, 1.165) is 19.5 Å². The van der Waals surface area contributed by atoms with Crippen LogP contribution < -0.4 is 10.6 Å². The lowest BCUT2D eigenvalue weighted by Crippen LogP contribution is -2.40. The molecule has 0 amide bonds. The highest BCUT2D eigenvalue weighted by Crippen LogP contribution is 2.11. The van der Waals surface area contributed by atoms with Crippen molar-refractivity contribution >= 4 is 24.8 Å². The van der Waals surface area contributed by atoms with Gasteiger partial charge < -0.3 is 15.7 Å². The van der Waals surface area contributed by atoms with Crippen molar-refractivity contribution in [3.8, 4) is 0 Å². The summed E-state index contributed by atoms with van der Waals surface area (Å²) in [5.74, 6) is 0. The van der Waals surface area contributed by atoms with Gasteiger partial charge in [0.15, 0.2) is 0 Å². The summed E-state index contributed by atoms with van der Waals surface area (Å²) in [6.07, 6.45) is 0.869. The van der Waals surface area contributed by atoms with Crippen molar-refractivity contribution in [3.05, 3.63) is 0 Å². The summed E-state index contributed by atoms with van der Waals surface area (Å²) in [6.45, 7) is 2.37. The molecule has 1 heterocycles. The molecule has 11 heavy (non-hydrogen) atoms. The lowest BCUT2D eigenvalue weighted by molar-refractivity contribution is 0.0633. The summed E-state index contributed by atoms with van der Waals surface area (Å²) in [7, 11) is 1.86. The zero-order chi connectivity index (χ0) is 6.74. The fraction of sp³-hybridized carbons (Fsp3) is 1.00. The number of halogens is 2. The Morgan fingerprint density at radius 2 is 2.18 bits per heavy atom. The van der Waals surface area contributed by atoms with Gasteiger partial charge in [0.05, 0.1) is 5.60 Å². The van der Waals surface area contributed by atoms with Crippen LogP contribution in [-0.4, -0.2) is 37.4 Å². The molecular formula is C6H16Cl2N2O. The highest BCUT2D eigenvalue weighted by Gasteiger charge is 2.29. The van der Waals surface area contributed by atoms with Gasteiger partial charge >= 0.3 is 0 Å². The molecule has 1 atom stereocenters. The van der Waals surface area contributed by atoms with E-state index in [1.54, 1.807) is 0 Å². The van der Waals surface area contributed by atoms with Crippen LogP contribution in [0.2, 0.25) is 0 Å². The maximum Gasteiger partial charge on any atom is 0.0907 e. The first-order valence-electron chi connectivity index (χ1n) is 3.34. The molecule has 1 rings (SSSR count). The number of likely N-dealkylation sites (N-methyl/N-ethyl adjacent to an activating group) is 1. The van der Waals surface area contributed by atoms with Gasteiger partial charge in [0.25, 0.3) is 0 Å². The molecule has 0 saturated carbocycles. The van der Waals surface area contributed by atoms with Crippen molar-refractivity contribution < 1.29 is 5.11 Å². The molecule has 0 bridgehead atoms. The molecule has 3 N–H and O–H groups in total. The lowest BCUT2D eigenvalue weighted by atomic mass is 10.0. The number of hydrogen-bond donors (Lipinski definition) is 3. The Morgan fingerprint density at radius 1 is 1.55 bits per heavy atom. The molecule has 5 heteroatoms. The van der Waals surface area contributed by atoms with Crippen LogP contribution in [0.1, 0.15) is 6.42 Å². The Bertz CT molecular complexity index is 96.6. The quantitative estimate of drug-likeness (QED) is 0.581. The van der Waals surface area contributed by atoms with Crippen LogP contribution in [0.15, 0.2) is 0 Å². The molecule has 0 aromatic rings. The Hall–Kier alpha value is 0.460. The fourth-order valence-corrected chi connectivity index (χ4v) is 1.21. The fourth-order valence-electron chi connectivity index (χ4n) is 1.21. The van der Waals surface area contributed by atoms with Gasteiger partial charge in [0.2, 0.25) is 0 Å². The molecule has 0 aliphatic carbocycles. The summed E-state index contributed by atoms with van der Waals surface area (Å²) in [6, 6.07) is 0. The highest BCUT2D eigenvalue weighted by molar-refractivity contribution is 5.85. The summed E-state index contributed by atoms with van der Waals surface area (Å²) >= 11 is 0. The summed E-state index contributed by atoms with van der Waals surface area (Å²) in [5, 5.41) is 15.6. The minimum Gasteiger partial charge on any atom is -0.387 e. The van der Waals surface area contributed by atoms with Gasteiger partial charge in [-0.25, -0.2) is 0 Å². The molecule has 1 aliphatic rings. The third kappa shape index (κ3) is 4.13. The van der Waals surface area contributed by atoms with E-state index in [9.17, 15) is 5.11 Å². The second-order valence-electron chi connectivity index (χ2n) is 2.68. The van der Waals surface area contributed by atoms with Gasteiger partial charge in [-0.2, -0.15) is 0 Å². The minimum absolute atomic E-state index is 0. The van der Waals surface area contributed by atoms with E-state index in [0.29, 0.717) is 6.54 Å². The maximum absolute atomic E-state index is 9.57. The molecule has 1 unspecified atom stereocenters. The molecule has 0 spiro atoms. The molecule has 3 nitrogen and oxygen atoms in total. The normalized spacial score (nSPS) is 28.9. The van der Waals surface area contributed by atoms with E-state index >= 15 is 0 Å². The monoisotopic (exact) mass is 202 g/mol. The van der Waals surface area contributed by atoms with Crippen molar-refractivity contribution in [2.24, 2.45) is 0 Å². The highest BCUT2D eigenvalue weighted by atomic mass is 35.5. The molecule has 70 valence electrons. The number of β-amino-alcohol motifs (C(OH)–C–C–N with tert-alkyl or cyclic N) is 1.